The molecular formula is C8H10OP2S. The number of rotatable bonds is 0. The molecule has 4 heteroatoms. The lowest BCUT2D eigenvalue weighted by Gasteiger charge is -1.98. The van der Waals surface area contributed by atoms with Gasteiger partial charge in [0.1, 0.15) is 0 Å². The molecule has 0 spiro atoms. The summed E-state index contributed by atoms with van der Waals surface area (Å²) in [5.41, 5.74) is 0.975. The van der Waals surface area contributed by atoms with E-state index in [-0.39, 0.29) is 5.92 Å². The summed E-state index contributed by atoms with van der Waals surface area (Å²) in [5, 5.41) is 1.09. The van der Waals surface area contributed by atoms with E-state index in [9.17, 15) is 4.79 Å². The van der Waals surface area contributed by atoms with Gasteiger partial charge in [-0.1, -0.05) is 16.2 Å². The fourth-order valence-corrected chi connectivity index (χ4v) is 3.84. The van der Waals surface area contributed by atoms with Crippen LogP contribution in [0.1, 0.15) is 22.2 Å². The number of ketones is 1. The van der Waals surface area contributed by atoms with Crippen LogP contribution in [0, 0.1) is 5.92 Å². The van der Waals surface area contributed by atoms with Gasteiger partial charge in [0.25, 0.3) is 0 Å². The van der Waals surface area contributed by atoms with E-state index in [4.69, 9.17) is 0 Å². The Morgan fingerprint density at radius 2 is 2.17 bits per heavy atom. The van der Waals surface area contributed by atoms with Gasteiger partial charge in [-0.3, -0.25) is 4.79 Å². The van der Waals surface area contributed by atoms with Crippen LogP contribution in [0.4, 0.5) is 0 Å². The molecule has 0 saturated heterocycles. The molecule has 3 unspecified atom stereocenters. The normalized spacial score (nSPS) is 21.6. The molecule has 1 aromatic rings. The lowest BCUT2D eigenvalue weighted by Crippen LogP contribution is -2.14. The first-order valence-corrected chi connectivity index (χ1v) is 5.79. The van der Waals surface area contributed by atoms with Crippen LogP contribution in [0.2, 0.25) is 0 Å². The smallest absolute Gasteiger partial charge is 0.167 e. The summed E-state index contributed by atoms with van der Waals surface area (Å²) in [6.07, 6.45) is 0.939. The van der Waals surface area contributed by atoms with Gasteiger partial charge in [-0.15, -0.1) is 20.6 Å². The first kappa shape index (κ1) is 8.81. The van der Waals surface area contributed by atoms with Gasteiger partial charge in [0.15, 0.2) is 5.78 Å². The average Bonchev–Trinajstić information content (AvgIpc) is 2.40. The molecule has 0 amide bonds. The molecule has 0 radical (unpaired) electrons. The zero-order valence-corrected chi connectivity index (χ0v) is 9.88. The quantitative estimate of drug-likeness (QED) is 0.594. The number of carbonyl (C=O) groups excluding carboxylic acids is 1. The number of thiophene rings is 1. The third-order valence-corrected chi connectivity index (χ3v) is 5.10. The van der Waals surface area contributed by atoms with Gasteiger partial charge in [0.05, 0.1) is 0 Å². The van der Waals surface area contributed by atoms with Crippen molar-refractivity contribution in [3.8, 4) is 0 Å². The Balaban J connectivity index is 2.61. The molecule has 0 saturated carbocycles. The second-order valence-electron chi connectivity index (χ2n) is 3.15. The summed E-state index contributed by atoms with van der Waals surface area (Å²) >= 11 is 1.73. The van der Waals surface area contributed by atoms with Gasteiger partial charge in [0, 0.05) is 21.0 Å². The van der Waals surface area contributed by atoms with E-state index in [1.54, 1.807) is 11.3 Å². The van der Waals surface area contributed by atoms with Crippen LogP contribution < -0.4 is 9.92 Å². The maximum atomic E-state index is 11.6. The van der Waals surface area contributed by atoms with E-state index in [2.05, 4.69) is 18.5 Å². The fraction of sp³-hybridized carbons (Fsp3) is 0.375. The highest BCUT2D eigenvalue weighted by Crippen LogP contribution is 2.30. The number of carbonyl (C=O) groups is 1. The summed E-state index contributed by atoms with van der Waals surface area (Å²) in [5.74, 6) is 0.524. The molecule has 0 bridgehead atoms. The molecule has 1 nitrogen and oxygen atoms in total. The van der Waals surface area contributed by atoms with E-state index < -0.39 is 0 Å². The Bertz CT molecular complexity index is 356. The maximum absolute atomic E-state index is 11.6. The monoisotopic (exact) mass is 216 g/mol. The molecule has 1 aliphatic carbocycles. The van der Waals surface area contributed by atoms with Gasteiger partial charge in [-0.05, 0) is 11.7 Å². The minimum absolute atomic E-state index is 0.205. The van der Waals surface area contributed by atoms with Crippen LogP contribution in [0.3, 0.4) is 0 Å². The van der Waals surface area contributed by atoms with E-state index >= 15 is 0 Å². The first-order chi connectivity index (χ1) is 5.61. The molecular weight excluding hydrogens is 206 g/mol. The highest BCUT2D eigenvalue weighted by molar-refractivity contribution is 7.48. The molecule has 3 atom stereocenters. The van der Waals surface area contributed by atoms with Gasteiger partial charge in [-0.25, -0.2) is 0 Å². The summed E-state index contributed by atoms with van der Waals surface area (Å²) in [4.78, 5) is 12.9. The lowest BCUT2D eigenvalue weighted by molar-refractivity contribution is 0.0947. The van der Waals surface area contributed by atoms with Gasteiger partial charge < -0.3 is 0 Å². The molecule has 0 aromatic carbocycles. The second kappa shape index (κ2) is 2.87. The standard InChI is InChI=1S/C8H10OP2S/c1-3-2-4-5(6(3)9)7(10)8(11)12-4/h3H,2,10-11H2,1H3. The highest BCUT2D eigenvalue weighted by Gasteiger charge is 2.31. The number of hydrogen-bond acceptors (Lipinski definition) is 2. The zero-order chi connectivity index (χ0) is 8.88. The molecule has 0 N–H and O–H groups in total. The number of Topliss-reactive ketones (excluding diaryl/α,β-unsaturated/α-hetero) is 1. The maximum Gasteiger partial charge on any atom is 0.167 e. The van der Waals surface area contributed by atoms with Crippen molar-refractivity contribution in [2.75, 3.05) is 0 Å². The van der Waals surface area contributed by atoms with Crippen LogP contribution in [0.25, 0.3) is 0 Å². The predicted molar refractivity (Wildman–Crippen MR) is 60.2 cm³/mol. The van der Waals surface area contributed by atoms with Gasteiger partial charge in [-0.2, -0.15) is 0 Å². The van der Waals surface area contributed by atoms with Crippen molar-refractivity contribution >= 4 is 45.5 Å². The molecule has 0 aliphatic heterocycles. The molecule has 0 fully saturated rings. The lowest BCUT2D eigenvalue weighted by atomic mass is 10.1. The molecule has 1 heterocycles. The second-order valence-corrected chi connectivity index (χ2v) is 5.86. The van der Waals surface area contributed by atoms with Crippen LogP contribution in [0.15, 0.2) is 0 Å². The van der Waals surface area contributed by atoms with Crippen molar-refractivity contribution in [1.29, 1.82) is 0 Å². The third kappa shape index (κ3) is 1.09. The molecule has 64 valence electrons. The van der Waals surface area contributed by atoms with E-state index in [0.29, 0.717) is 5.78 Å². The third-order valence-electron chi connectivity index (χ3n) is 2.23. The average molecular weight is 216 g/mol. The topological polar surface area (TPSA) is 17.1 Å². The first-order valence-electron chi connectivity index (χ1n) is 3.82. The van der Waals surface area contributed by atoms with E-state index in [1.165, 1.54) is 9.50 Å². The number of hydrogen-bond donors (Lipinski definition) is 0. The summed E-state index contributed by atoms with van der Waals surface area (Å²) in [6.45, 7) is 2.00. The van der Waals surface area contributed by atoms with E-state index in [0.717, 1.165) is 17.3 Å². The Labute approximate surface area is 80.3 Å². The SMILES string of the molecule is CC1Cc2sc(P)c(P)c2C1=O. The summed E-state index contributed by atoms with van der Waals surface area (Å²) < 4.78 is 1.19. The van der Waals surface area contributed by atoms with E-state index in [1.807, 2.05) is 6.92 Å². The zero-order valence-electron chi connectivity index (χ0n) is 6.76. The minimum Gasteiger partial charge on any atom is -0.294 e. The fourth-order valence-electron chi connectivity index (χ4n) is 1.54. The van der Waals surface area contributed by atoms with Gasteiger partial charge >= 0.3 is 0 Å². The van der Waals surface area contributed by atoms with Crippen LogP contribution in [-0.4, -0.2) is 5.78 Å². The molecule has 12 heavy (non-hydrogen) atoms. The van der Waals surface area contributed by atoms with Crippen LogP contribution >= 0.6 is 29.8 Å². The van der Waals surface area contributed by atoms with Crippen molar-refractivity contribution in [2.24, 2.45) is 5.92 Å². The largest absolute Gasteiger partial charge is 0.294 e. The summed E-state index contributed by atoms with van der Waals surface area (Å²) in [6, 6.07) is 0. The van der Waals surface area contributed by atoms with Crippen molar-refractivity contribution in [3.05, 3.63) is 10.4 Å². The van der Waals surface area contributed by atoms with Crippen LogP contribution in [0.5, 0.6) is 0 Å². The highest BCUT2D eigenvalue weighted by atomic mass is 32.1. The van der Waals surface area contributed by atoms with Crippen molar-refractivity contribution < 1.29 is 4.79 Å². The van der Waals surface area contributed by atoms with Crippen molar-refractivity contribution in [2.45, 2.75) is 13.3 Å². The Morgan fingerprint density at radius 1 is 1.50 bits per heavy atom. The number of fused-ring (bicyclic) bond motifs is 1. The molecule has 2 rings (SSSR count). The predicted octanol–water partition coefficient (Wildman–Crippen LogP) is 1.12. The Kier molecular flexibility index (Phi) is 2.11. The van der Waals surface area contributed by atoms with Crippen LogP contribution in [-0.2, 0) is 6.42 Å². The molecule has 1 aliphatic rings. The Hall–Kier alpha value is 0.230. The van der Waals surface area contributed by atoms with Gasteiger partial charge in [0.2, 0.25) is 0 Å². The summed E-state index contributed by atoms with van der Waals surface area (Å²) in [7, 11) is 5.34. The van der Waals surface area contributed by atoms with Crippen molar-refractivity contribution in [3.63, 3.8) is 0 Å². The minimum atomic E-state index is 0.205. The molecule has 1 aromatic heterocycles. The van der Waals surface area contributed by atoms with Crippen molar-refractivity contribution in [1.82, 2.24) is 0 Å². The Morgan fingerprint density at radius 3 is 2.75 bits per heavy atom.